The fourth-order valence-electron chi connectivity index (χ4n) is 3.67. The minimum atomic E-state index is -5.36. The highest BCUT2D eigenvalue weighted by Gasteiger charge is 2.43. The molecule has 15 heteroatoms. The van der Waals surface area contributed by atoms with Crippen molar-refractivity contribution in [3.63, 3.8) is 0 Å². The Hall–Kier alpha value is -4.24. The maximum atomic E-state index is 12.6. The largest absolute Gasteiger partial charge is 0.492 e. The normalized spacial score (nSPS) is 13.3. The molecule has 3 aromatic rings. The van der Waals surface area contributed by atoms with Crippen LogP contribution in [0.4, 0.5) is 41.9 Å². The molecule has 2 heterocycles. The van der Waals surface area contributed by atoms with Crippen LogP contribution in [0.5, 0.6) is 0 Å². The van der Waals surface area contributed by atoms with Crippen molar-refractivity contribution < 1.29 is 36.0 Å². The van der Waals surface area contributed by atoms with Crippen LogP contribution in [0.25, 0.3) is 0 Å². The van der Waals surface area contributed by atoms with E-state index in [2.05, 4.69) is 25.4 Å². The summed E-state index contributed by atoms with van der Waals surface area (Å²) < 4.78 is 62.4. The molecule has 4 rings (SSSR count). The maximum Gasteiger partial charge on any atom is 0.492 e. The molecule has 0 atom stereocenters. The van der Waals surface area contributed by atoms with Crippen LogP contribution in [-0.4, -0.2) is 54.5 Å². The van der Waals surface area contributed by atoms with Crippen LogP contribution in [0.2, 0.25) is 0 Å². The van der Waals surface area contributed by atoms with Gasteiger partial charge in [0, 0.05) is 43.6 Å². The highest BCUT2D eigenvalue weighted by Crippen LogP contribution is 2.32. The van der Waals surface area contributed by atoms with Crippen molar-refractivity contribution in [1.82, 2.24) is 14.4 Å². The van der Waals surface area contributed by atoms with Gasteiger partial charge >= 0.3 is 12.1 Å². The van der Waals surface area contributed by atoms with E-state index in [0.717, 1.165) is 29.8 Å². The summed E-state index contributed by atoms with van der Waals surface area (Å²) in [4.78, 5) is 36.3. The summed E-state index contributed by atoms with van der Waals surface area (Å²) in [7, 11) is -3.92. The number of nitrogens with zero attached hydrogens (tertiary/aromatic N) is 4. The summed E-state index contributed by atoms with van der Waals surface area (Å²) in [6.45, 7) is 2.12. The van der Waals surface area contributed by atoms with Crippen LogP contribution in [-0.2, 0) is 30.9 Å². The number of hydrogen-bond acceptors (Lipinski definition) is 9. The number of hydrogen-bond donors (Lipinski definition) is 2. The first kappa shape index (κ1) is 26.8. The molecule has 0 spiro atoms. The van der Waals surface area contributed by atoms with Gasteiger partial charge in [-0.3, -0.25) is 4.79 Å². The molecule has 1 aliphatic heterocycles. The quantitative estimate of drug-likeness (QED) is 0.424. The van der Waals surface area contributed by atoms with Gasteiger partial charge in [0.2, 0.25) is 5.91 Å². The van der Waals surface area contributed by atoms with Gasteiger partial charge in [-0.2, -0.15) is 13.2 Å². The lowest BCUT2D eigenvalue weighted by Gasteiger charge is -2.17. The fraction of sp³-hybridized carbons (Fsp3) is 0.217. The number of hydroxylamine groups is 1. The van der Waals surface area contributed by atoms with Gasteiger partial charge < -0.3 is 20.4 Å². The van der Waals surface area contributed by atoms with Gasteiger partial charge in [0.25, 0.3) is 10.0 Å². The average Bonchev–Trinajstić information content (AvgIpc) is 3.27. The molecule has 0 fully saturated rings. The lowest BCUT2D eigenvalue weighted by molar-refractivity contribution is -0.219. The van der Waals surface area contributed by atoms with Crippen molar-refractivity contribution >= 4 is 50.6 Å². The Morgan fingerprint density at radius 2 is 1.68 bits per heavy atom. The van der Waals surface area contributed by atoms with E-state index in [1.54, 1.807) is 11.0 Å². The van der Waals surface area contributed by atoms with Crippen molar-refractivity contribution in [2.45, 2.75) is 24.4 Å². The summed E-state index contributed by atoms with van der Waals surface area (Å²) in [5.41, 5.74) is 2.80. The third-order valence-electron chi connectivity index (χ3n) is 5.49. The van der Waals surface area contributed by atoms with Gasteiger partial charge in [-0.25, -0.2) is 23.2 Å². The van der Waals surface area contributed by atoms with E-state index in [1.807, 2.05) is 18.2 Å². The number of anilines is 5. The molecule has 0 unspecified atom stereocenters. The summed E-state index contributed by atoms with van der Waals surface area (Å²) >= 11 is 0. The second-order valence-electron chi connectivity index (χ2n) is 8.12. The molecule has 11 nitrogen and oxygen atoms in total. The molecule has 0 radical (unpaired) electrons. The van der Waals surface area contributed by atoms with E-state index in [-0.39, 0.29) is 21.9 Å². The minimum Gasteiger partial charge on any atom is -0.345 e. The highest BCUT2D eigenvalue weighted by atomic mass is 32.2. The molecule has 1 aliphatic rings. The Kier molecular flexibility index (Phi) is 7.24. The van der Waals surface area contributed by atoms with E-state index in [9.17, 15) is 31.2 Å². The fourth-order valence-corrected chi connectivity index (χ4v) is 4.66. The molecule has 1 aromatic heterocycles. The number of sulfonamides is 1. The molecular weight excluding hydrogens is 529 g/mol. The number of aromatic nitrogens is 2. The van der Waals surface area contributed by atoms with Crippen molar-refractivity contribution in [2.24, 2.45) is 0 Å². The second-order valence-corrected chi connectivity index (χ2v) is 10.1. The number of benzene rings is 2. The molecule has 1 amide bonds. The Balaban J connectivity index is 1.49. The molecule has 0 saturated heterocycles. The topological polar surface area (TPSA) is 134 Å². The summed E-state index contributed by atoms with van der Waals surface area (Å²) in [5, 5.41) is 6.02. The van der Waals surface area contributed by atoms with Crippen molar-refractivity contribution in [3.05, 3.63) is 60.4 Å². The number of nitrogens with one attached hydrogen (secondary N) is 2. The van der Waals surface area contributed by atoms with E-state index in [4.69, 9.17) is 0 Å². The van der Waals surface area contributed by atoms with E-state index >= 15 is 0 Å². The maximum absolute atomic E-state index is 12.6. The van der Waals surface area contributed by atoms with E-state index < -0.39 is 27.1 Å². The van der Waals surface area contributed by atoms with Gasteiger partial charge in [0.05, 0.1) is 4.90 Å². The van der Waals surface area contributed by atoms with Crippen LogP contribution < -0.4 is 15.5 Å². The monoisotopic (exact) mass is 550 g/mol. The SMILES string of the molecule is CC(=O)N1CCc2ccc(Nc3cc(Nc4cccc(S(=O)(=O)N(C)OC(=O)C(F)(F)F)c4)ncn3)cc21. The number of rotatable bonds is 7. The van der Waals surface area contributed by atoms with Crippen LogP contribution >= 0.6 is 0 Å². The number of fused-ring (bicyclic) bond motifs is 1. The third kappa shape index (κ3) is 5.84. The first-order chi connectivity index (χ1) is 17.8. The van der Waals surface area contributed by atoms with Crippen LogP contribution in [0.3, 0.4) is 0 Å². The molecule has 0 aliphatic carbocycles. The van der Waals surface area contributed by atoms with Gasteiger partial charge in [0.1, 0.15) is 18.0 Å². The molecular formula is C23H21F3N6O5S. The predicted octanol–water partition coefficient (Wildman–Crippen LogP) is 3.51. The standard InChI is InChI=1S/C23H21F3N6O5S/c1-14(33)32-9-8-15-6-7-17(11-19(15)32)30-21-12-20(27-13-28-21)29-16-4-3-5-18(10-16)38(35,36)31(2)37-22(34)23(24,25)26/h3-7,10-13H,8-9H2,1-2H3,(H2,27,28,29,30). The predicted molar refractivity (Wildman–Crippen MR) is 130 cm³/mol. The Bertz CT molecular complexity index is 1500. The van der Waals surface area contributed by atoms with Crippen LogP contribution in [0.15, 0.2) is 59.8 Å². The molecule has 38 heavy (non-hydrogen) atoms. The van der Waals surface area contributed by atoms with Crippen molar-refractivity contribution in [1.29, 1.82) is 0 Å². The molecule has 2 N–H and O–H groups in total. The van der Waals surface area contributed by atoms with Gasteiger partial charge in [-0.15, -0.1) is 0 Å². The summed E-state index contributed by atoms with van der Waals surface area (Å²) in [5.74, 6) is -2.04. The third-order valence-corrected chi connectivity index (χ3v) is 7.09. The number of carbonyl (C=O) groups is 2. The zero-order valence-corrected chi connectivity index (χ0v) is 20.8. The molecule has 200 valence electrons. The highest BCUT2D eigenvalue weighted by molar-refractivity contribution is 7.89. The number of amides is 1. The molecule has 2 aromatic carbocycles. The first-order valence-electron chi connectivity index (χ1n) is 11.0. The van der Waals surface area contributed by atoms with E-state index in [0.29, 0.717) is 25.1 Å². The minimum absolute atomic E-state index is 0.0524. The first-order valence-corrected chi connectivity index (χ1v) is 12.4. The zero-order chi connectivity index (χ0) is 27.7. The zero-order valence-electron chi connectivity index (χ0n) is 20.0. The Morgan fingerprint density at radius 3 is 2.32 bits per heavy atom. The van der Waals surface area contributed by atoms with E-state index in [1.165, 1.54) is 25.4 Å². The Morgan fingerprint density at radius 1 is 1.03 bits per heavy atom. The number of halogens is 3. The van der Waals surface area contributed by atoms with Gasteiger partial charge in [-0.1, -0.05) is 12.1 Å². The summed E-state index contributed by atoms with van der Waals surface area (Å²) in [6, 6.07) is 12.3. The second kappa shape index (κ2) is 10.3. The average molecular weight is 551 g/mol. The number of carbonyl (C=O) groups excluding carboxylic acids is 2. The van der Waals surface area contributed by atoms with Gasteiger partial charge in [-0.05, 0) is 46.8 Å². The van der Waals surface area contributed by atoms with Gasteiger partial charge in [0.15, 0.2) is 0 Å². The molecule has 0 saturated carbocycles. The van der Waals surface area contributed by atoms with Crippen molar-refractivity contribution in [3.8, 4) is 0 Å². The molecule has 0 bridgehead atoms. The van der Waals surface area contributed by atoms with Crippen LogP contribution in [0.1, 0.15) is 12.5 Å². The summed E-state index contributed by atoms with van der Waals surface area (Å²) in [6.07, 6.45) is -3.32. The van der Waals surface area contributed by atoms with Crippen LogP contribution in [0, 0.1) is 0 Å². The smallest absolute Gasteiger partial charge is 0.345 e. The number of alkyl halides is 3. The Labute approximate surface area is 215 Å². The van der Waals surface area contributed by atoms with Crippen molar-refractivity contribution in [2.75, 3.05) is 29.1 Å². The lowest BCUT2D eigenvalue weighted by atomic mass is 10.1. The lowest BCUT2D eigenvalue weighted by Crippen LogP contribution is -2.36.